The molecule has 8 rings (SSSR count). The number of hydrogen-bond donors (Lipinski definition) is 2. The first-order chi connectivity index (χ1) is 28.9. The summed E-state index contributed by atoms with van der Waals surface area (Å²) >= 11 is 18.5. The number of carbonyl (C=O) groups excluding carboxylic acids is 2. The Morgan fingerprint density at radius 1 is 0.517 bits per heavy atom. The monoisotopic (exact) mass is 864 g/mol. The molecule has 2 fully saturated rings. The molecule has 0 radical (unpaired) electrons. The molecule has 6 aromatic rings. The average molecular weight is 866 g/mol. The van der Waals surface area contributed by atoms with Crippen molar-refractivity contribution in [2.24, 2.45) is 0 Å². The highest BCUT2D eigenvalue weighted by atomic mass is 35.5. The minimum absolute atomic E-state index is 0.328. The Balaban J connectivity index is 0.000000181. The molecule has 0 bridgehead atoms. The van der Waals surface area contributed by atoms with E-state index >= 15 is 0 Å². The van der Waals surface area contributed by atoms with Crippen LogP contribution in [0.4, 0.5) is 4.39 Å². The van der Waals surface area contributed by atoms with Gasteiger partial charge in [0.2, 0.25) is 5.95 Å². The van der Waals surface area contributed by atoms with Gasteiger partial charge in [-0.25, -0.2) is 19.6 Å². The van der Waals surface area contributed by atoms with Crippen molar-refractivity contribution in [3.63, 3.8) is 0 Å². The maximum Gasteiger partial charge on any atom is 0.326 e. The molecule has 0 spiro atoms. The summed E-state index contributed by atoms with van der Waals surface area (Å²) in [5.41, 5.74) is 5.55. The summed E-state index contributed by atoms with van der Waals surface area (Å²) in [7, 11) is 0. The van der Waals surface area contributed by atoms with Gasteiger partial charge in [0.15, 0.2) is 0 Å². The molecule has 60 heavy (non-hydrogen) atoms. The van der Waals surface area contributed by atoms with Crippen LogP contribution in [-0.2, 0) is 9.59 Å². The van der Waals surface area contributed by atoms with Gasteiger partial charge in [-0.05, 0) is 109 Å². The second-order valence-electron chi connectivity index (χ2n) is 14.3. The third-order valence-electron chi connectivity index (χ3n) is 10.7. The van der Waals surface area contributed by atoms with Crippen molar-refractivity contribution in [1.29, 1.82) is 0 Å². The highest BCUT2D eigenvalue weighted by Gasteiger charge is 2.44. The average Bonchev–Trinajstić information content (AvgIpc) is 3.91. The van der Waals surface area contributed by atoms with Crippen molar-refractivity contribution in [3.05, 3.63) is 177 Å². The highest BCUT2D eigenvalue weighted by molar-refractivity contribution is 6.31. The minimum Gasteiger partial charge on any atom is -0.480 e. The van der Waals surface area contributed by atoms with Gasteiger partial charge in [-0.2, -0.15) is 4.39 Å². The van der Waals surface area contributed by atoms with Gasteiger partial charge in [0.05, 0.1) is 12.1 Å². The predicted molar refractivity (Wildman–Crippen MR) is 226 cm³/mol. The number of likely N-dealkylation sites (tertiary alicyclic amines) is 2. The maximum atomic E-state index is 13.3. The molecule has 2 amide bonds. The van der Waals surface area contributed by atoms with Gasteiger partial charge in [-0.15, -0.1) is 0 Å². The van der Waals surface area contributed by atoms with Crippen LogP contribution in [0.15, 0.2) is 134 Å². The van der Waals surface area contributed by atoms with Crippen LogP contribution in [-0.4, -0.2) is 65.8 Å². The molecule has 0 unspecified atom stereocenters. The van der Waals surface area contributed by atoms with Gasteiger partial charge in [0, 0.05) is 44.7 Å². The van der Waals surface area contributed by atoms with E-state index in [0.717, 1.165) is 27.8 Å². The Hall–Kier alpha value is -6.14. The van der Waals surface area contributed by atoms with E-state index in [-0.39, 0.29) is 17.9 Å². The molecule has 2 N–H and O–H groups in total. The molecule has 2 aliphatic heterocycles. The summed E-state index contributed by atoms with van der Waals surface area (Å²) in [6, 6.07) is 32.0. The first-order valence-corrected chi connectivity index (χ1v) is 20.1. The lowest BCUT2D eigenvalue weighted by Crippen LogP contribution is -2.41. The summed E-state index contributed by atoms with van der Waals surface area (Å²) in [6.07, 6.45) is 4.88. The lowest BCUT2D eigenvalue weighted by molar-refractivity contribution is -0.142. The van der Waals surface area contributed by atoms with Gasteiger partial charge in [-0.1, -0.05) is 95.5 Å². The van der Waals surface area contributed by atoms with Crippen molar-refractivity contribution in [2.45, 2.75) is 49.9 Å². The summed E-state index contributed by atoms with van der Waals surface area (Å²) in [4.78, 5) is 60.9. The molecule has 2 aliphatic rings. The van der Waals surface area contributed by atoms with E-state index in [1.807, 2.05) is 48.5 Å². The summed E-state index contributed by atoms with van der Waals surface area (Å²) < 4.78 is 13.0. The topological polar surface area (TPSA) is 141 Å². The fraction of sp³-hybridized carbons (Fsp3) is 0.174. The van der Waals surface area contributed by atoms with Crippen LogP contribution in [0.1, 0.15) is 69.6 Å². The second kappa shape index (κ2) is 18.4. The molecule has 0 aliphatic carbocycles. The molecule has 304 valence electrons. The van der Waals surface area contributed by atoms with E-state index in [1.165, 1.54) is 22.1 Å². The minimum atomic E-state index is -1.04. The van der Waals surface area contributed by atoms with E-state index in [4.69, 9.17) is 34.8 Å². The van der Waals surface area contributed by atoms with Crippen LogP contribution in [0.2, 0.25) is 15.2 Å². The third-order valence-corrected chi connectivity index (χ3v) is 11.6. The third kappa shape index (κ3) is 9.03. The number of carbonyl (C=O) groups is 4. The first-order valence-electron chi connectivity index (χ1n) is 18.9. The molecular weight excluding hydrogens is 830 g/mol. The van der Waals surface area contributed by atoms with Gasteiger partial charge in [0.1, 0.15) is 17.2 Å². The van der Waals surface area contributed by atoms with Crippen molar-refractivity contribution in [3.8, 4) is 22.3 Å². The van der Waals surface area contributed by atoms with E-state index in [1.54, 1.807) is 72.9 Å². The Kier molecular flexibility index (Phi) is 12.9. The zero-order valence-corrected chi connectivity index (χ0v) is 33.9. The SMILES string of the molecule is O=C(O)[C@@H]1CC[C@H](c2ccccc2Cl)N1C(=O)c1ccc(-c2ccc(Cl)nc2)cc1.O=C(O)[C@@H]1CC[C@H](c2ccccc2Cl)N1C(=O)c1ccc(-c2ccc(F)nc2)cc1. The van der Waals surface area contributed by atoms with Gasteiger partial charge in [0.25, 0.3) is 11.8 Å². The molecule has 0 saturated carbocycles. The maximum absolute atomic E-state index is 13.3. The number of amides is 2. The van der Waals surface area contributed by atoms with E-state index in [2.05, 4.69) is 9.97 Å². The number of pyridine rings is 2. The number of carboxylic acid groups (broad SMARTS) is 2. The zero-order chi connectivity index (χ0) is 42.5. The smallest absolute Gasteiger partial charge is 0.326 e. The number of nitrogens with zero attached hydrogens (tertiary/aromatic N) is 4. The number of aromatic nitrogens is 2. The number of carboxylic acids is 2. The first kappa shape index (κ1) is 42.0. The molecule has 14 heteroatoms. The number of halogens is 4. The lowest BCUT2D eigenvalue weighted by atomic mass is 10.0. The zero-order valence-electron chi connectivity index (χ0n) is 31.7. The Morgan fingerprint density at radius 3 is 1.28 bits per heavy atom. The van der Waals surface area contributed by atoms with Crippen LogP contribution in [0.25, 0.3) is 22.3 Å². The van der Waals surface area contributed by atoms with Crippen molar-refractivity contribution >= 4 is 58.6 Å². The van der Waals surface area contributed by atoms with Crippen LogP contribution in [0, 0.1) is 5.95 Å². The van der Waals surface area contributed by atoms with Gasteiger partial charge < -0.3 is 20.0 Å². The van der Waals surface area contributed by atoms with Crippen LogP contribution in [0.3, 0.4) is 0 Å². The molecule has 4 heterocycles. The molecule has 2 saturated heterocycles. The summed E-state index contributed by atoms with van der Waals surface area (Å²) in [5, 5.41) is 20.8. The van der Waals surface area contributed by atoms with E-state index in [9.17, 15) is 33.8 Å². The second-order valence-corrected chi connectivity index (χ2v) is 15.5. The fourth-order valence-electron chi connectivity index (χ4n) is 7.78. The lowest BCUT2D eigenvalue weighted by Gasteiger charge is -2.29. The number of benzene rings is 4. The number of aliphatic carboxylic acids is 2. The molecule has 4 atom stereocenters. The normalized spacial score (nSPS) is 18.4. The standard InChI is InChI=1S/C23H18Cl2N2O3.C23H18ClFN2O3/c2*24-18-4-2-1-3-17(18)19-10-11-20(23(29)30)27(19)22(28)15-7-5-14(6-8-15)16-9-12-21(25)26-13-16/h2*1-9,12-13,19-20H,10-11H2,(H,29,30)/t2*19-,20+/m11/s1. The molecular formula is C46H36Cl3FN4O6. The molecule has 2 aromatic heterocycles. The summed E-state index contributed by atoms with van der Waals surface area (Å²) in [6.45, 7) is 0. The van der Waals surface area contributed by atoms with Gasteiger partial charge >= 0.3 is 11.9 Å². The summed E-state index contributed by atoms with van der Waals surface area (Å²) in [5.74, 6) is -3.31. The van der Waals surface area contributed by atoms with E-state index in [0.29, 0.717) is 57.6 Å². The van der Waals surface area contributed by atoms with Crippen molar-refractivity contribution in [1.82, 2.24) is 19.8 Å². The van der Waals surface area contributed by atoms with Gasteiger partial charge in [-0.3, -0.25) is 9.59 Å². The largest absolute Gasteiger partial charge is 0.480 e. The Morgan fingerprint density at radius 2 is 0.917 bits per heavy atom. The van der Waals surface area contributed by atoms with Crippen molar-refractivity contribution < 1.29 is 33.8 Å². The quantitative estimate of drug-likeness (QED) is 0.144. The van der Waals surface area contributed by atoms with Crippen LogP contribution < -0.4 is 0 Å². The van der Waals surface area contributed by atoms with Crippen molar-refractivity contribution in [2.75, 3.05) is 0 Å². The number of rotatable bonds is 8. The Labute approximate surface area is 359 Å². The number of hydrogen-bond acceptors (Lipinski definition) is 6. The highest BCUT2D eigenvalue weighted by Crippen LogP contribution is 2.42. The van der Waals surface area contributed by atoms with Crippen LogP contribution >= 0.6 is 34.8 Å². The van der Waals surface area contributed by atoms with E-state index < -0.39 is 36.0 Å². The Bertz CT molecular complexity index is 2350. The fourth-order valence-corrected chi connectivity index (χ4v) is 8.41. The molecule has 10 nitrogen and oxygen atoms in total. The predicted octanol–water partition coefficient (Wildman–Crippen LogP) is 10.5. The molecule has 4 aromatic carbocycles. The van der Waals surface area contributed by atoms with Crippen LogP contribution in [0.5, 0.6) is 0 Å².